The van der Waals surface area contributed by atoms with Crippen molar-refractivity contribution in [2.75, 3.05) is 20.1 Å². The normalized spacial score (nSPS) is 17.5. The van der Waals surface area contributed by atoms with E-state index in [0.717, 1.165) is 43.6 Å². The van der Waals surface area contributed by atoms with Gasteiger partial charge in [0.15, 0.2) is 0 Å². The fourth-order valence-corrected chi connectivity index (χ4v) is 3.88. The third kappa shape index (κ3) is 4.78. The van der Waals surface area contributed by atoms with Gasteiger partial charge in [-0.15, -0.1) is 0 Å². The molecule has 2 aromatic rings. The Morgan fingerprint density at radius 2 is 1.77 bits per heavy atom. The molecule has 160 valence electrons. The van der Waals surface area contributed by atoms with Gasteiger partial charge in [0.25, 0.3) is 0 Å². The van der Waals surface area contributed by atoms with Crippen LogP contribution in [-0.2, 0) is 24.1 Å². The van der Waals surface area contributed by atoms with Crippen LogP contribution in [0.5, 0.6) is 5.75 Å². The SMILES string of the molecule is CNC(=O)C1CN(Cc2ccc(OCc3ccc(C(F)(F)F)c(C4CC4)c3)cc2)C1. The number of carbonyl (C=O) groups excluding carboxylic acids is 1. The number of benzene rings is 2. The molecule has 1 saturated heterocycles. The number of hydrogen-bond donors (Lipinski definition) is 1. The molecule has 1 saturated carbocycles. The zero-order valence-corrected chi connectivity index (χ0v) is 16.8. The summed E-state index contributed by atoms with van der Waals surface area (Å²) in [5.41, 5.74) is 1.74. The van der Waals surface area contributed by atoms with Crippen molar-refractivity contribution in [1.82, 2.24) is 10.2 Å². The first-order valence-electron chi connectivity index (χ1n) is 10.2. The molecule has 4 nitrogen and oxygen atoms in total. The largest absolute Gasteiger partial charge is 0.489 e. The molecule has 2 fully saturated rings. The molecular weight excluding hydrogens is 393 g/mol. The fourth-order valence-electron chi connectivity index (χ4n) is 3.88. The summed E-state index contributed by atoms with van der Waals surface area (Å²) in [6, 6.07) is 12.0. The molecular formula is C23H25F3N2O2. The van der Waals surface area contributed by atoms with Gasteiger partial charge in [0, 0.05) is 26.7 Å². The highest BCUT2D eigenvalue weighted by Crippen LogP contribution is 2.46. The van der Waals surface area contributed by atoms with Crippen LogP contribution >= 0.6 is 0 Å². The molecule has 0 bridgehead atoms. The number of amides is 1. The molecule has 1 aliphatic carbocycles. The minimum absolute atomic E-state index is 0.0189. The van der Waals surface area contributed by atoms with Crippen LogP contribution in [0.15, 0.2) is 42.5 Å². The van der Waals surface area contributed by atoms with Crippen LogP contribution in [0.2, 0.25) is 0 Å². The van der Waals surface area contributed by atoms with Crippen molar-refractivity contribution in [2.45, 2.75) is 38.1 Å². The first kappa shape index (κ1) is 20.7. The molecule has 1 N–H and O–H groups in total. The van der Waals surface area contributed by atoms with Gasteiger partial charge in [0.1, 0.15) is 12.4 Å². The topological polar surface area (TPSA) is 41.6 Å². The molecule has 4 rings (SSSR count). The number of ether oxygens (including phenoxy) is 1. The fraction of sp³-hybridized carbons (Fsp3) is 0.435. The number of nitrogens with one attached hydrogen (secondary N) is 1. The molecule has 1 aliphatic heterocycles. The van der Waals surface area contributed by atoms with Crippen LogP contribution in [0, 0.1) is 5.92 Å². The molecule has 2 aromatic carbocycles. The van der Waals surface area contributed by atoms with Gasteiger partial charge < -0.3 is 10.1 Å². The van der Waals surface area contributed by atoms with Gasteiger partial charge in [-0.25, -0.2) is 0 Å². The Hall–Kier alpha value is -2.54. The van der Waals surface area contributed by atoms with Gasteiger partial charge in [-0.3, -0.25) is 9.69 Å². The van der Waals surface area contributed by atoms with E-state index in [-0.39, 0.29) is 24.3 Å². The van der Waals surface area contributed by atoms with Crippen LogP contribution in [0.1, 0.15) is 41.0 Å². The molecule has 0 aromatic heterocycles. The van der Waals surface area contributed by atoms with Crippen LogP contribution in [0.4, 0.5) is 13.2 Å². The smallest absolute Gasteiger partial charge is 0.416 e. The van der Waals surface area contributed by atoms with Crippen molar-refractivity contribution < 1.29 is 22.7 Å². The third-order valence-corrected chi connectivity index (χ3v) is 5.75. The quantitative estimate of drug-likeness (QED) is 0.727. The predicted octanol–water partition coefficient (Wildman–Crippen LogP) is 4.34. The summed E-state index contributed by atoms with van der Waals surface area (Å²) in [5, 5.41) is 2.67. The molecule has 1 amide bonds. The summed E-state index contributed by atoms with van der Waals surface area (Å²) >= 11 is 0. The van der Waals surface area contributed by atoms with E-state index in [9.17, 15) is 18.0 Å². The van der Waals surface area contributed by atoms with Gasteiger partial charge in [-0.2, -0.15) is 13.2 Å². The van der Waals surface area contributed by atoms with Crippen molar-refractivity contribution >= 4 is 5.91 Å². The van der Waals surface area contributed by atoms with Gasteiger partial charge in [-0.1, -0.05) is 24.3 Å². The van der Waals surface area contributed by atoms with Crippen molar-refractivity contribution in [2.24, 2.45) is 5.92 Å². The monoisotopic (exact) mass is 418 g/mol. The molecule has 2 aliphatic rings. The lowest BCUT2D eigenvalue weighted by atomic mass is 9.98. The standard InChI is InChI=1S/C23H25F3N2O2/c1-27-22(29)18-12-28(13-18)11-15-2-7-19(8-3-15)30-14-16-4-9-21(23(24,25)26)20(10-16)17-5-6-17/h2-4,7-10,17-18H,5-6,11-14H2,1H3,(H,27,29). The highest BCUT2D eigenvalue weighted by Gasteiger charge is 2.38. The second-order valence-corrected chi connectivity index (χ2v) is 8.13. The van der Waals surface area contributed by atoms with Gasteiger partial charge >= 0.3 is 6.18 Å². The Morgan fingerprint density at radius 1 is 1.10 bits per heavy atom. The Morgan fingerprint density at radius 3 is 2.37 bits per heavy atom. The third-order valence-electron chi connectivity index (χ3n) is 5.75. The van der Waals surface area contributed by atoms with Gasteiger partial charge in [0.2, 0.25) is 5.91 Å². The zero-order valence-electron chi connectivity index (χ0n) is 16.8. The van der Waals surface area contributed by atoms with Crippen LogP contribution in [0.25, 0.3) is 0 Å². The number of alkyl halides is 3. The van der Waals surface area contributed by atoms with Crippen molar-refractivity contribution in [3.8, 4) is 5.75 Å². The number of nitrogens with zero attached hydrogens (tertiary/aromatic N) is 1. The highest BCUT2D eigenvalue weighted by molar-refractivity contribution is 5.79. The number of likely N-dealkylation sites (tertiary alicyclic amines) is 1. The highest BCUT2D eigenvalue weighted by atomic mass is 19.4. The Bertz CT molecular complexity index is 902. The van der Waals surface area contributed by atoms with Gasteiger partial charge in [-0.05, 0) is 53.6 Å². The van der Waals surface area contributed by atoms with E-state index in [1.54, 1.807) is 13.1 Å². The summed E-state index contributed by atoms with van der Waals surface area (Å²) in [5.74, 6) is 0.855. The second kappa shape index (κ2) is 8.30. The zero-order chi connectivity index (χ0) is 21.3. The summed E-state index contributed by atoms with van der Waals surface area (Å²) in [4.78, 5) is 13.8. The Kier molecular flexibility index (Phi) is 5.73. The van der Waals surface area contributed by atoms with E-state index in [2.05, 4.69) is 10.2 Å². The minimum atomic E-state index is -4.32. The minimum Gasteiger partial charge on any atom is -0.489 e. The lowest BCUT2D eigenvalue weighted by Gasteiger charge is -2.38. The maximum atomic E-state index is 13.2. The summed E-state index contributed by atoms with van der Waals surface area (Å²) in [6.07, 6.45) is -2.69. The van der Waals surface area contributed by atoms with Crippen molar-refractivity contribution in [1.29, 1.82) is 0 Å². The number of carbonyl (C=O) groups is 1. The molecule has 1 heterocycles. The predicted molar refractivity (Wildman–Crippen MR) is 107 cm³/mol. The average Bonchev–Trinajstić information content (AvgIpc) is 3.53. The van der Waals surface area contributed by atoms with Crippen LogP contribution in [0.3, 0.4) is 0 Å². The molecule has 0 unspecified atom stereocenters. The van der Waals surface area contributed by atoms with E-state index in [1.165, 1.54) is 12.1 Å². The van der Waals surface area contributed by atoms with Crippen LogP contribution < -0.4 is 10.1 Å². The van der Waals surface area contributed by atoms with E-state index >= 15 is 0 Å². The maximum Gasteiger partial charge on any atom is 0.416 e. The van der Waals surface area contributed by atoms with Gasteiger partial charge in [0.05, 0.1) is 11.5 Å². The van der Waals surface area contributed by atoms with E-state index < -0.39 is 11.7 Å². The molecule has 0 spiro atoms. The van der Waals surface area contributed by atoms with E-state index in [0.29, 0.717) is 11.3 Å². The van der Waals surface area contributed by atoms with Crippen molar-refractivity contribution in [3.63, 3.8) is 0 Å². The Balaban J connectivity index is 1.31. The molecule has 30 heavy (non-hydrogen) atoms. The van der Waals surface area contributed by atoms with Crippen molar-refractivity contribution in [3.05, 3.63) is 64.7 Å². The first-order valence-corrected chi connectivity index (χ1v) is 10.2. The summed E-state index contributed by atoms with van der Waals surface area (Å²) in [7, 11) is 1.65. The number of halogens is 3. The van der Waals surface area contributed by atoms with E-state index in [1.807, 2.05) is 24.3 Å². The summed E-state index contributed by atoms with van der Waals surface area (Å²) < 4.78 is 45.4. The molecule has 0 atom stereocenters. The number of rotatable bonds is 7. The first-order chi connectivity index (χ1) is 14.3. The lowest BCUT2D eigenvalue weighted by molar-refractivity contribution is -0.138. The molecule has 0 radical (unpaired) electrons. The average molecular weight is 418 g/mol. The lowest BCUT2D eigenvalue weighted by Crippen LogP contribution is -2.52. The molecule has 7 heteroatoms. The maximum absolute atomic E-state index is 13.2. The Labute approximate surface area is 174 Å². The van der Waals surface area contributed by atoms with Crippen LogP contribution in [-0.4, -0.2) is 30.9 Å². The number of hydrogen-bond acceptors (Lipinski definition) is 3. The summed E-state index contributed by atoms with van der Waals surface area (Å²) in [6.45, 7) is 2.53. The second-order valence-electron chi connectivity index (χ2n) is 8.13. The van der Waals surface area contributed by atoms with E-state index in [4.69, 9.17) is 4.74 Å².